The quantitative estimate of drug-likeness (QED) is 0.705. The smallest absolute Gasteiger partial charge is 0.127 e. The van der Waals surface area contributed by atoms with Crippen molar-refractivity contribution in [2.75, 3.05) is 13.1 Å². The van der Waals surface area contributed by atoms with Crippen molar-refractivity contribution in [3.8, 4) is 0 Å². The SMILES string of the molecule is NCCCNCc1cc(F)ccc1F. The van der Waals surface area contributed by atoms with Gasteiger partial charge in [0.2, 0.25) is 0 Å². The van der Waals surface area contributed by atoms with E-state index >= 15 is 0 Å². The molecular formula is C10H14F2N2. The first-order valence-corrected chi connectivity index (χ1v) is 4.58. The minimum absolute atomic E-state index is 0.337. The predicted molar refractivity (Wildman–Crippen MR) is 51.7 cm³/mol. The van der Waals surface area contributed by atoms with Crippen LogP contribution in [0.15, 0.2) is 18.2 Å². The van der Waals surface area contributed by atoms with E-state index in [1.54, 1.807) is 0 Å². The molecule has 1 aromatic carbocycles. The van der Waals surface area contributed by atoms with Gasteiger partial charge in [0.15, 0.2) is 0 Å². The maximum Gasteiger partial charge on any atom is 0.127 e. The zero-order chi connectivity index (χ0) is 10.4. The summed E-state index contributed by atoms with van der Waals surface area (Å²) in [6.45, 7) is 1.65. The first kappa shape index (κ1) is 11.1. The second kappa shape index (κ2) is 5.67. The predicted octanol–water partition coefficient (Wildman–Crippen LogP) is 1.40. The van der Waals surface area contributed by atoms with Crippen molar-refractivity contribution in [3.63, 3.8) is 0 Å². The van der Waals surface area contributed by atoms with Crippen LogP contribution in [0.3, 0.4) is 0 Å². The first-order valence-electron chi connectivity index (χ1n) is 4.58. The highest BCUT2D eigenvalue weighted by atomic mass is 19.1. The van der Waals surface area contributed by atoms with Gasteiger partial charge in [-0.15, -0.1) is 0 Å². The summed E-state index contributed by atoms with van der Waals surface area (Å²) in [7, 11) is 0. The molecule has 1 rings (SSSR count). The molecule has 0 unspecified atom stereocenters. The van der Waals surface area contributed by atoms with Crippen LogP contribution in [0.2, 0.25) is 0 Å². The number of hydrogen-bond donors (Lipinski definition) is 2. The maximum atomic E-state index is 13.0. The molecule has 2 nitrogen and oxygen atoms in total. The summed E-state index contributed by atoms with van der Waals surface area (Å²) in [6.07, 6.45) is 0.830. The van der Waals surface area contributed by atoms with E-state index in [0.717, 1.165) is 18.6 Å². The van der Waals surface area contributed by atoms with E-state index in [0.29, 0.717) is 25.2 Å². The van der Waals surface area contributed by atoms with E-state index in [2.05, 4.69) is 5.32 Å². The Morgan fingerprint density at radius 1 is 1.29 bits per heavy atom. The Kier molecular flexibility index (Phi) is 4.49. The molecule has 0 amide bonds. The largest absolute Gasteiger partial charge is 0.330 e. The fourth-order valence-corrected chi connectivity index (χ4v) is 1.13. The third kappa shape index (κ3) is 3.40. The molecule has 0 atom stereocenters. The summed E-state index contributed by atoms with van der Waals surface area (Å²) in [5, 5.41) is 2.98. The van der Waals surface area contributed by atoms with Crippen LogP contribution in [0.4, 0.5) is 8.78 Å². The molecule has 0 fully saturated rings. The van der Waals surface area contributed by atoms with Crippen LogP contribution in [0, 0.1) is 11.6 Å². The molecule has 14 heavy (non-hydrogen) atoms. The van der Waals surface area contributed by atoms with Gasteiger partial charge in [-0.2, -0.15) is 0 Å². The fourth-order valence-electron chi connectivity index (χ4n) is 1.13. The maximum absolute atomic E-state index is 13.0. The van der Waals surface area contributed by atoms with Crippen molar-refractivity contribution in [2.45, 2.75) is 13.0 Å². The molecule has 0 spiro atoms. The van der Waals surface area contributed by atoms with Gasteiger partial charge in [0.25, 0.3) is 0 Å². The average molecular weight is 200 g/mol. The lowest BCUT2D eigenvalue weighted by Gasteiger charge is -2.05. The van der Waals surface area contributed by atoms with E-state index in [4.69, 9.17) is 5.73 Å². The van der Waals surface area contributed by atoms with Crippen LogP contribution in [0.1, 0.15) is 12.0 Å². The monoisotopic (exact) mass is 200 g/mol. The number of rotatable bonds is 5. The van der Waals surface area contributed by atoms with E-state index < -0.39 is 5.82 Å². The second-order valence-corrected chi connectivity index (χ2v) is 3.05. The first-order chi connectivity index (χ1) is 6.74. The molecule has 0 aromatic heterocycles. The van der Waals surface area contributed by atoms with Gasteiger partial charge < -0.3 is 11.1 Å². The summed E-state index contributed by atoms with van der Waals surface area (Å²) in [6, 6.07) is 3.44. The normalized spacial score (nSPS) is 10.5. The van der Waals surface area contributed by atoms with Gasteiger partial charge in [0.1, 0.15) is 11.6 Å². The molecule has 0 saturated heterocycles. The molecule has 1 aromatic rings. The number of nitrogens with one attached hydrogen (secondary N) is 1. The van der Waals surface area contributed by atoms with Crippen molar-refractivity contribution in [3.05, 3.63) is 35.4 Å². The lowest BCUT2D eigenvalue weighted by Crippen LogP contribution is -2.18. The topological polar surface area (TPSA) is 38.0 Å². The minimum Gasteiger partial charge on any atom is -0.330 e. The van der Waals surface area contributed by atoms with Crippen LogP contribution < -0.4 is 11.1 Å². The average Bonchev–Trinajstić information content (AvgIpc) is 2.18. The summed E-state index contributed by atoms with van der Waals surface area (Å²) >= 11 is 0. The van der Waals surface area contributed by atoms with E-state index in [9.17, 15) is 8.78 Å². The lowest BCUT2D eigenvalue weighted by molar-refractivity contribution is 0.565. The summed E-state index contributed by atoms with van der Waals surface area (Å²) in [4.78, 5) is 0. The molecule has 0 radical (unpaired) electrons. The number of benzene rings is 1. The van der Waals surface area contributed by atoms with Crippen molar-refractivity contribution in [1.82, 2.24) is 5.32 Å². The molecule has 78 valence electrons. The zero-order valence-corrected chi connectivity index (χ0v) is 7.89. The molecule has 0 aliphatic rings. The van der Waals surface area contributed by atoms with Crippen LogP contribution in [-0.2, 0) is 6.54 Å². The molecule has 3 N–H and O–H groups in total. The van der Waals surface area contributed by atoms with Gasteiger partial charge >= 0.3 is 0 Å². The summed E-state index contributed by atoms with van der Waals surface area (Å²) < 4.78 is 25.8. The standard InChI is InChI=1S/C10H14F2N2/c11-9-2-3-10(12)8(6-9)7-14-5-1-4-13/h2-3,6,14H,1,4-5,7,13H2. The molecule has 0 saturated carbocycles. The van der Waals surface area contributed by atoms with Crippen LogP contribution in [0.25, 0.3) is 0 Å². The Morgan fingerprint density at radius 2 is 2.07 bits per heavy atom. The molecular weight excluding hydrogens is 186 g/mol. The van der Waals surface area contributed by atoms with E-state index in [1.807, 2.05) is 0 Å². The Labute approximate surface area is 82.1 Å². The van der Waals surface area contributed by atoms with Gasteiger partial charge in [0.05, 0.1) is 0 Å². The second-order valence-electron chi connectivity index (χ2n) is 3.05. The Morgan fingerprint density at radius 3 is 2.79 bits per heavy atom. The Hall–Kier alpha value is -1.00. The molecule has 0 aliphatic heterocycles. The van der Waals surface area contributed by atoms with Crippen molar-refractivity contribution in [1.29, 1.82) is 0 Å². The van der Waals surface area contributed by atoms with E-state index in [1.165, 1.54) is 6.07 Å². The molecule has 0 bridgehead atoms. The highest BCUT2D eigenvalue weighted by molar-refractivity contribution is 5.18. The fraction of sp³-hybridized carbons (Fsp3) is 0.400. The van der Waals surface area contributed by atoms with Crippen molar-refractivity contribution < 1.29 is 8.78 Å². The van der Waals surface area contributed by atoms with Crippen LogP contribution in [-0.4, -0.2) is 13.1 Å². The number of halogens is 2. The molecule has 0 heterocycles. The third-order valence-electron chi connectivity index (χ3n) is 1.88. The third-order valence-corrected chi connectivity index (χ3v) is 1.88. The summed E-state index contributed by atoms with van der Waals surface area (Å²) in [5.74, 6) is -0.798. The Bertz CT molecular complexity index is 289. The number of hydrogen-bond acceptors (Lipinski definition) is 2. The highest BCUT2D eigenvalue weighted by Gasteiger charge is 2.02. The van der Waals surface area contributed by atoms with E-state index in [-0.39, 0.29) is 5.82 Å². The lowest BCUT2D eigenvalue weighted by atomic mass is 10.2. The van der Waals surface area contributed by atoms with Crippen LogP contribution in [0.5, 0.6) is 0 Å². The van der Waals surface area contributed by atoms with Gasteiger partial charge in [-0.05, 0) is 37.7 Å². The minimum atomic E-state index is -0.415. The molecule has 0 aliphatic carbocycles. The van der Waals surface area contributed by atoms with Crippen molar-refractivity contribution in [2.24, 2.45) is 5.73 Å². The highest BCUT2D eigenvalue weighted by Crippen LogP contribution is 2.08. The van der Waals surface area contributed by atoms with Crippen LogP contribution >= 0.6 is 0 Å². The summed E-state index contributed by atoms with van der Waals surface area (Å²) in [5.41, 5.74) is 5.64. The number of nitrogens with two attached hydrogens (primary N) is 1. The van der Waals surface area contributed by atoms with Gasteiger partial charge in [-0.1, -0.05) is 0 Å². The van der Waals surface area contributed by atoms with Crippen molar-refractivity contribution >= 4 is 0 Å². The Balaban J connectivity index is 2.45. The van der Waals surface area contributed by atoms with Gasteiger partial charge in [-0.3, -0.25) is 0 Å². The van der Waals surface area contributed by atoms with Gasteiger partial charge in [-0.25, -0.2) is 8.78 Å². The zero-order valence-electron chi connectivity index (χ0n) is 7.89. The van der Waals surface area contributed by atoms with Gasteiger partial charge in [0, 0.05) is 12.1 Å². The molecule has 4 heteroatoms.